The van der Waals surface area contributed by atoms with E-state index in [1.807, 2.05) is 0 Å². The molecule has 0 aliphatic rings. The molecule has 0 atom stereocenters. The maximum atomic E-state index is 12.2. The van der Waals surface area contributed by atoms with E-state index < -0.39 is 10.8 Å². The molecule has 0 saturated carbocycles. The number of methoxy groups -OCH3 is 1. The van der Waals surface area contributed by atoms with Crippen LogP contribution in [0.3, 0.4) is 0 Å². The van der Waals surface area contributed by atoms with Gasteiger partial charge < -0.3 is 10.1 Å². The molecule has 1 N–H and O–H groups in total. The minimum absolute atomic E-state index is 0.114. The van der Waals surface area contributed by atoms with Crippen molar-refractivity contribution in [3.63, 3.8) is 0 Å². The summed E-state index contributed by atoms with van der Waals surface area (Å²) in [6, 6.07) is 0. The van der Waals surface area contributed by atoms with Gasteiger partial charge in [-0.25, -0.2) is 4.68 Å². The Bertz CT molecular complexity index is 689. The number of rotatable bonds is 5. The van der Waals surface area contributed by atoms with Crippen molar-refractivity contribution < 1.29 is 14.5 Å². The largest absolute Gasteiger partial charge is 0.362 e. The number of carbonyl (C=O) groups is 1. The van der Waals surface area contributed by atoms with Crippen molar-refractivity contribution in [2.75, 3.05) is 12.4 Å². The van der Waals surface area contributed by atoms with Crippen LogP contribution >= 0.6 is 0 Å². The van der Waals surface area contributed by atoms with Crippen molar-refractivity contribution in [1.29, 1.82) is 0 Å². The molecule has 10 nitrogen and oxygen atoms in total. The molecule has 0 bridgehead atoms. The number of carbonyl (C=O) groups excluding carboxylic acids is 1. The zero-order valence-corrected chi connectivity index (χ0v) is 11.7. The van der Waals surface area contributed by atoms with Crippen LogP contribution in [0.25, 0.3) is 0 Å². The molecule has 0 saturated heterocycles. The van der Waals surface area contributed by atoms with E-state index in [0.29, 0.717) is 5.69 Å². The second-order valence-electron chi connectivity index (χ2n) is 4.30. The quantitative estimate of drug-likeness (QED) is 0.640. The molecule has 2 rings (SSSR count). The molecule has 21 heavy (non-hydrogen) atoms. The van der Waals surface area contributed by atoms with E-state index in [1.54, 1.807) is 6.20 Å². The Morgan fingerprint density at radius 2 is 2.29 bits per heavy atom. The zero-order valence-electron chi connectivity index (χ0n) is 11.7. The van der Waals surface area contributed by atoms with Gasteiger partial charge in [0.25, 0.3) is 5.91 Å². The molecule has 0 aromatic carbocycles. The number of hydrogen-bond donors (Lipinski definition) is 1. The van der Waals surface area contributed by atoms with Gasteiger partial charge in [0.2, 0.25) is 5.69 Å². The molecule has 1 amide bonds. The second-order valence-corrected chi connectivity index (χ2v) is 4.30. The van der Waals surface area contributed by atoms with E-state index in [-0.39, 0.29) is 23.8 Å². The topological polar surface area (TPSA) is 117 Å². The molecule has 0 spiro atoms. The lowest BCUT2D eigenvalue weighted by atomic mass is 10.3. The molecule has 0 radical (unpaired) electrons. The van der Waals surface area contributed by atoms with Crippen LogP contribution in [0, 0.1) is 17.0 Å². The Morgan fingerprint density at radius 3 is 2.90 bits per heavy atom. The highest BCUT2D eigenvalue weighted by Gasteiger charge is 2.29. The summed E-state index contributed by atoms with van der Waals surface area (Å²) in [4.78, 5) is 22.6. The molecule has 0 aliphatic heterocycles. The molecule has 0 aliphatic carbocycles. The first-order valence-corrected chi connectivity index (χ1v) is 5.94. The van der Waals surface area contributed by atoms with Gasteiger partial charge in [-0.3, -0.25) is 19.6 Å². The first-order chi connectivity index (χ1) is 9.93. The van der Waals surface area contributed by atoms with E-state index in [4.69, 9.17) is 4.74 Å². The number of nitrogens with one attached hydrogen (secondary N) is 1. The monoisotopic (exact) mass is 294 g/mol. The van der Waals surface area contributed by atoms with Gasteiger partial charge in [-0.15, -0.1) is 0 Å². The number of nitrogens with zero attached hydrogens (tertiary/aromatic N) is 5. The van der Waals surface area contributed by atoms with Gasteiger partial charge in [0, 0.05) is 14.2 Å². The van der Waals surface area contributed by atoms with Gasteiger partial charge in [-0.05, 0) is 6.92 Å². The third kappa shape index (κ3) is 2.89. The summed E-state index contributed by atoms with van der Waals surface area (Å²) in [5.41, 5.74) is 0.171. The molecule has 0 unspecified atom stereocenters. The average Bonchev–Trinajstić information content (AvgIpc) is 2.93. The van der Waals surface area contributed by atoms with Gasteiger partial charge in [0.15, 0.2) is 0 Å². The maximum Gasteiger partial charge on any atom is 0.322 e. The van der Waals surface area contributed by atoms with E-state index in [2.05, 4.69) is 15.5 Å². The van der Waals surface area contributed by atoms with Crippen LogP contribution in [0.1, 0.15) is 16.2 Å². The van der Waals surface area contributed by atoms with Crippen LogP contribution in [-0.4, -0.2) is 37.5 Å². The third-order valence-corrected chi connectivity index (χ3v) is 2.74. The van der Waals surface area contributed by atoms with Crippen LogP contribution < -0.4 is 5.32 Å². The highest BCUT2D eigenvalue weighted by molar-refractivity contribution is 6.05. The Labute approximate surface area is 119 Å². The Balaban J connectivity index is 2.26. The number of aryl methyl sites for hydroxylation is 2. The zero-order chi connectivity index (χ0) is 15.6. The minimum Gasteiger partial charge on any atom is -0.362 e. The standard InChI is InChI=1S/C11H14N6O4/c1-7-9(17(19)20)10(15(2)14-7)11(18)13-8-4-12-16(5-8)6-21-3/h4-5H,6H2,1-3H3,(H,13,18). The summed E-state index contributed by atoms with van der Waals surface area (Å²) in [5, 5.41) is 21.4. The highest BCUT2D eigenvalue weighted by atomic mass is 16.6. The summed E-state index contributed by atoms with van der Waals surface area (Å²) in [7, 11) is 2.99. The summed E-state index contributed by atoms with van der Waals surface area (Å²) in [6.45, 7) is 1.71. The van der Waals surface area contributed by atoms with Crippen molar-refractivity contribution in [3.05, 3.63) is 33.9 Å². The van der Waals surface area contributed by atoms with E-state index in [1.165, 1.54) is 36.6 Å². The number of amides is 1. The number of ether oxygens (including phenoxy) is 1. The van der Waals surface area contributed by atoms with Crippen molar-refractivity contribution >= 4 is 17.3 Å². The molecule has 2 heterocycles. The summed E-state index contributed by atoms with van der Waals surface area (Å²) in [6.07, 6.45) is 2.97. The molecule has 10 heteroatoms. The van der Waals surface area contributed by atoms with Gasteiger partial charge in [0.05, 0.1) is 23.0 Å². The predicted molar refractivity (Wildman–Crippen MR) is 71.8 cm³/mol. The highest BCUT2D eigenvalue weighted by Crippen LogP contribution is 2.23. The summed E-state index contributed by atoms with van der Waals surface area (Å²) in [5.74, 6) is -0.623. The number of anilines is 1. The Morgan fingerprint density at radius 1 is 1.57 bits per heavy atom. The van der Waals surface area contributed by atoms with Crippen LogP contribution in [0.4, 0.5) is 11.4 Å². The molecular formula is C11H14N6O4. The fourth-order valence-electron chi connectivity index (χ4n) is 1.94. The third-order valence-electron chi connectivity index (χ3n) is 2.74. The number of nitro groups is 1. The van der Waals surface area contributed by atoms with Crippen LogP contribution in [0.15, 0.2) is 12.4 Å². The minimum atomic E-state index is -0.623. The van der Waals surface area contributed by atoms with Gasteiger partial charge >= 0.3 is 5.69 Å². The fourth-order valence-corrected chi connectivity index (χ4v) is 1.94. The first-order valence-electron chi connectivity index (χ1n) is 5.94. The van der Waals surface area contributed by atoms with E-state index in [9.17, 15) is 14.9 Å². The normalized spacial score (nSPS) is 10.6. The lowest BCUT2D eigenvalue weighted by Crippen LogP contribution is -2.17. The van der Waals surface area contributed by atoms with Crippen molar-refractivity contribution in [2.45, 2.75) is 13.7 Å². The number of hydrogen-bond acceptors (Lipinski definition) is 6. The van der Waals surface area contributed by atoms with Crippen molar-refractivity contribution in [1.82, 2.24) is 19.6 Å². The van der Waals surface area contributed by atoms with Gasteiger partial charge in [-0.2, -0.15) is 10.2 Å². The van der Waals surface area contributed by atoms with E-state index in [0.717, 1.165) is 0 Å². The molecule has 2 aromatic rings. The lowest BCUT2D eigenvalue weighted by Gasteiger charge is -2.02. The smallest absolute Gasteiger partial charge is 0.322 e. The van der Waals surface area contributed by atoms with Crippen molar-refractivity contribution in [3.8, 4) is 0 Å². The summed E-state index contributed by atoms with van der Waals surface area (Å²) < 4.78 is 7.54. The fraction of sp³-hybridized carbons (Fsp3) is 0.364. The van der Waals surface area contributed by atoms with Crippen LogP contribution in [0.5, 0.6) is 0 Å². The maximum absolute atomic E-state index is 12.2. The second kappa shape index (κ2) is 5.71. The van der Waals surface area contributed by atoms with Crippen LogP contribution in [0.2, 0.25) is 0 Å². The Hall–Kier alpha value is -2.75. The molecular weight excluding hydrogens is 280 g/mol. The van der Waals surface area contributed by atoms with E-state index >= 15 is 0 Å². The molecule has 2 aromatic heterocycles. The predicted octanol–water partition coefficient (Wildman–Crippen LogP) is 0.689. The average molecular weight is 294 g/mol. The lowest BCUT2D eigenvalue weighted by molar-refractivity contribution is -0.385. The van der Waals surface area contributed by atoms with Crippen LogP contribution in [-0.2, 0) is 18.5 Å². The first kappa shape index (κ1) is 14.7. The SMILES string of the molecule is COCn1cc(NC(=O)c2c([N+](=O)[O-])c(C)nn2C)cn1. The molecule has 112 valence electrons. The molecule has 0 fully saturated rings. The summed E-state index contributed by atoms with van der Waals surface area (Å²) >= 11 is 0. The van der Waals surface area contributed by atoms with Gasteiger partial charge in [-0.1, -0.05) is 0 Å². The Kier molecular flexibility index (Phi) is 3.98. The van der Waals surface area contributed by atoms with Crippen molar-refractivity contribution in [2.24, 2.45) is 7.05 Å². The number of aromatic nitrogens is 4. The van der Waals surface area contributed by atoms with Gasteiger partial charge in [0.1, 0.15) is 12.4 Å².